The summed E-state index contributed by atoms with van der Waals surface area (Å²) in [5.74, 6) is -0.899. The summed E-state index contributed by atoms with van der Waals surface area (Å²) < 4.78 is 0. The van der Waals surface area contributed by atoms with E-state index in [4.69, 9.17) is 10.8 Å². The average Bonchev–Trinajstić information content (AvgIpc) is 1.88. The SMILES string of the molecule is N[C@@H](CCC[CH2][Al])C(=O)O.O.O.O. The molecule has 0 rings (SSSR count). The number of carbonyl (C=O) groups is 1. The van der Waals surface area contributed by atoms with Gasteiger partial charge in [-0.25, -0.2) is 0 Å². The maximum atomic E-state index is 10.2. The number of unbranched alkanes of at least 4 members (excludes halogenated alkanes) is 1. The first-order valence-electron chi connectivity index (χ1n) is 3.37. The molecule has 0 aliphatic carbocycles. The van der Waals surface area contributed by atoms with E-state index in [-0.39, 0.29) is 16.4 Å². The molecule has 0 saturated carbocycles. The van der Waals surface area contributed by atoms with Crippen LogP contribution in [0.5, 0.6) is 0 Å². The summed E-state index contributed by atoms with van der Waals surface area (Å²) in [6.07, 6.45) is 2.52. The minimum absolute atomic E-state index is 0. The highest BCUT2D eigenvalue weighted by atomic mass is 27.0. The minimum Gasteiger partial charge on any atom is -0.480 e. The van der Waals surface area contributed by atoms with Crippen LogP contribution in [0.3, 0.4) is 0 Å². The summed E-state index contributed by atoms with van der Waals surface area (Å²) in [5, 5.41) is 9.37. The number of hydrogen-bond donors (Lipinski definition) is 2. The van der Waals surface area contributed by atoms with Crippen molar-refractivity contribution in [3.63, 3.8) is 0 Å². The van der Waals surface area contributed by atoms with E-state index in [2.05, 4.69) is 16.3 Å². The summed E-state index contributed by atoms with van der Waals surface area (Å²) >= 11 is 2.60. The highest BCUT2D eigenvalue weighted by molar-refractivity contribution is 6.08. The second-order valence-electron chi connectivity index (χ2n) is 2.23. The fourth-order valence-corrected chi connectivity index (χ4v) is 0.921. The van der Waals surface area contributed by atoms with E-state index in [0.717, 1.165) is 18.1 Å². The smallest absolute Gasteiger partial charge is 0.320 e. The Morgan fingerprint density at radius 2 is 1.77 bits per heavy atom. The molecule has 7 heteroatoms. The number of carboxylic acids is 1. The molecule has 0 fully saturated rings. The first kappa shape index (κ1) is 23.0. The quantitative estimate of drug-likeness (QED) is 0.386. The lowest BCUT2D eigenvalue weighted by Gasteiger charge is -2.03. The van der Waals surface area contributed by atoms with Gasteiger partial charge >= 0.3 is 5.97 Å². The third-order valence-electron chi connectivity index (χ3n) is 1.29. The number of rotatable bonds is 5. The summed E-state index contributed by atoms with van der Waals surface area (Å²) in [7, 11) is 0. The molecule has 0 spiro atoms. The maximum absolute atomic E-state index is 10.2. The van der Waals surface area contributed by atoms with Gasteiger partial charge in [0.1, 0.15) is 22.3 Å². The lowest BCUT2D eigenvalue weighted by molar-refractivity contribution is -0.138. The van der Waals surface area contributed by atoms with Gasteiger partial charge in [-0.15, -0.1) is 5.28 Å². The second kappa shape index (κ2) is 14.4. The molecule has 1 atom stereocenters. The van der Waals surface area contributed by atoms with Crippen LogP contribution in [0.4, 0.5) is 0 Å². The van der Waals surface area contributed by atoms with Gasteiger partial charge in [-0.1, -0.05) is 12.8 Å². The van der Waals surface area contributed by atoms with Gasteiger partial charge in [-0.2, -0.15) is 0 Å². The van der Waals surface area contributed by atoms with Crippen LogP contribution in [0.15, 0.2) is 0 Å². The molecule has 0 aliphatic rings. The Bertz CT molecular complexity index is 113. The van der Waals surface area contributed by atoms with Crippen LogP contribution in [0.25, 0.3) is 0 Å². The van der Waals surface area contributed by atoms with E-state index in [1.165, 1.54) is 0 Å². The molecule has 0 saturated heterocycles. The Morgan fingerprint density at radius 1 is 1.31 bits per heavy atom. The fraction of sp³-hybridized carbons (Fsp3) is 0.833. The molecule has 0 unspecified atom stereocenters. The van der Waals surface area contributed by atoms with Crippen LogP contribution >= 0.6 is 0 Å². The Balaban J connectivity index is -0.000000135. The molecule has 0 aromatic heterocycles. The normalized spacial score (nSPS) is 9.92. The van der Waals surface area contributed by atoms with Crippen molar-refractivity contribution in [1.29, 1.82) is 0 Å². The van der Waals surface area contributed by atoms with Crippen molar-refractivity contribution < 1.29 is 26.3 Å². The highest BCUT2D eigenvalue weighted by Crippen LogP contribution is 2.00. The molecule has 6 nitrogen and oxygen atoms in total. The van der Waals surface area contributed by atoms with E-state index in [1.54, 1.807) is 0 Å². The molecule has 0 aliphatic heterocycles. The van der Waals surface area contributed by atoms with Crippen LogP contribution in [-0.4, -0.2) is 49.8 Å². The van der Waals surface area contributed by atoms with E-state index in [9.17, 15) is 4.79 Å². The maximum Gasteiger partial charge on any atom is 0.320 e. The van der Waals surface area contributed by atoms with Gasteiger partial charge in [-0.3, -0.25) is 4.79 Å². The van der Waals surface area contributed by atoms with Crippen molar-refractivity contribution in [2.24, 2.45) is 5.73 Å². The molecular formula is C6H18AlNO5. The second-order valence-corrected chi connectivity index (χ2v) is 2.81. The zero-order valence-corrected chi connectivity index (χ0v) is 8.57. The van der Waals surface area contributed by atoms with Crippen LogP contribution in [0.2, 0.25) is 5.28 Å². The summed E-state index contributed by atoms with van der Waals surface area (Å²) in [5.41, 5.74) is 5.25. The van der Waals surface area contributed by atoms with Crippen molar-refractivity contribution in [2.75, 3.05) is 0 Å². The molecule has 0 amide bonds. The topological polar surface area (TPSA) is 158 Å². The van der Waals surface area contributed by atoms with Crippen LogP contribution in [-0.2, 0) is 4.79 Å². The summed E-state index contributed by atoms with van der Waals surface area (Å²) in [6, 6.07) is -0.670. The Hall–Kier alpha value is -0.158. The van der Waals surface area contributed by atoms with Crippen LogP contribution < -0.4 is 5.73 Å². The minimum atomic E-state index is -0.899. The monoisotopic (exact) mass is 211 g/mol. The number of nitrogens with two attached hydrogens (primary N) is 1. The van der Waals surface area contributed by atoms with Crippen molar-refractivity contribution in [3.8, 4) is 0 Å². The molecule has 0 aromatic carbocycles. The standard InChI is InChI=1S/C6H12NO2.Al.3H2O/c1-2-3-4-5(7)6(8)9;;;;/h5H,1-4,7H2,(H,8,9);;3*1H2/t5-;;;;/m0..../s1. The molecular weight excluding hydrogens is 193 g/mol. The van der Waals surface area contributed by atoms with E-state index < -0.39 is 12.0 Å². The number of hydrogen-bond acceptors (Lipinski definition) is 2. The lowest BCUT2D eigenvalue weighted by Crippen LogP contribution is -2.29. The van der Waals surface area contributed by atoms with Gasteiger partial charge in [0.15, 0.2) is 0 Å². The predicted octanol–water partition coefficient (Wildman–Crippen LogP) is -2.32. The molecule has 0 aromatic rings. The first-order chi connectivity index (χ1) is 4.68. The largest absolute Gasteiger partial charge is 0.480 e. The number of aliphatic carboxylic acids is 1. The Morgan fingerprint density at radius 3 is 2.08 bits per heavy atom. The molecule has 0 heterocycles. The third-order valence-corrected chi connectivity index (χ3v) is 1.69. The number of carboxylic acid groups (broad SMARTS) is 1. The van der Waals surface area contributed by atoms with Crippen LogP contribution in [0, 0.1) is 0 Å². The van der Waals surface area contributed by atoms with Gasteiger partial charge in [0, 0.05) is 0 Å². The van der Waals surface area contributed by atoms with Crippen molar-refractivity contribution in [3.05, 3.63) is 0 Å². The zero-order chi connectivity index (χ0) is 7.98. The van der Waals surface area contributed by atoms with E-state index in [0.29, 0.717) is 6.42 Å². The van der Waals surface area contributed by atoms with Gasteiger partial charge in [0.2, 0.25) is 0 Å². The summed E-state index contributed by atoms with van der Waals surface area (Å²) in [4.78, 5) is 10.2. The van der Waals surface area contributed by atoms with Crippen LogP contribution in [0.1, 0.15) is 19.3 Å². The lowest BCUT2D eigenvalue weighted by atomic mass is 10.1. The zero-order valence-electron chi connectivity index (χ0n) is 7.42. The Labute approximate surface area is 85.5 Å². The van der Waals surface area contributed by atoms with Crippen molar-refractivity contribution in [2.45, 2.75) is 30.6 Å². The predicted molar refractivity (Wildman–Crippen MR) is 50.9 cm³/mol. The first-order valence-corrected chi connectivity index (χ1v) is 4.18. The van der Waals surface area contributed by atoms with Crippen molar-refractivity contribution in [1.82, 2.24) is 0 Å². The molecule has 13 heavy (non-hydrogen) atoms. The van der Waals surface area contributed by atoms with Crippen molar-refractivity contribution >= 4 is 22.3 Å². The average molecular weight is 211 g/mol. The van der Waals surface area contributed by atoms with Gasteiger partial charge in [0.25, 0.3) is 0 Å². The Kier molecular flexibility index (Phi) is 25.5. The van der Waals surface area contributed by atoms with Gasteiger partial charge in [0.05, 0.1) is 0 Å². The highest BCUT2D eigenvalue weighted by Gasteiger charge is 2.09. The van der Waals surface area contributed by atoms with E-state index >= 15 is 0 Å². The summed E-state index contributed by atoms with van der Waals surface area (Å²) in [6.45, 7) is 0. The molecule has 0 bridgehead atoms. The van der Waals surface area contributed by atoms with E-state index in [1.807, 2.05) is 0 Å². The molecule has 80 valence electrons. The molecule has 2 radical (unpaired) electrons. The molecule has 9 N–H and O–H groups in total. The van der Waals surface area contributed by atoms with Gasteiger partial charge < -0.3 is 27.3 Å². The fourth-order valence-electron chi connectivity index (χ4n) is 0.632. The third kappa shape index (κ3) is 14.7. The van der Waals surface area contributed by atoms with Gasteiger partial charge in [-0.05, 0) is 6.42 Å².